The topological polar surface area (TPSA) is 47.9 Å². The summed E-state index contributed by atoms with van der Waals surface area (Å²) >= 11 is 1.99. The van der Waals surface area contributed by atoms with Crippen LogP contribution in [0.1, 0.15) is 27.7 Å². The van der Waals surface area contributed by atoms with Gasteiger partial charge >= 0.3 is 0 Å². The molecule has 1 rings (SSSR count). The molecule has 0 radical (unpaired) electrons. The number of nitrogens with one attached hydrogen (secondary N) is 1. The molecule has 1 aliphatic heterocycles. The fraction of sp³-hybridized carbons (Fsp3) is 0.857. The van der Waals surface area contributed by atoms with Crippen LogP contribution in [0, 0.1) is 0 Å². The summed E-state index contributed by atoms with van der Waals surface area (Å²) in [4.78, 5) is 20.1. The highest BCUT2D eigenvalue weighted by Gasteiger charge is 2.29. The van der Waals surface area contributed by atoms with E-state index in [0.29, 0.717) is 6.04 Å². The van der Waals surface area contributed by atoms with Gasteiger partial charge in [-0.15, -0.1) is 24.0 Å². The summed E-state index contributed by atoms with van der Waals surface area (Å²) in [6.45, 7) is 10.8. The van der Waals surface area contributed by atoms with Gasteiger partial charge in [-0.1, -0.05) is 0 Å². The maximum absolute atomic E-state index is 11.7. The molecule has 7 heteroatoms. The first-order chi connectivity index (χ1) is 9.21. The first kappa shape index (κ1) is 20.8. The normalized spacial score (nSPS) is 18.2. The summed E-state index contributed by atoms with van der Waals surface area (Å²) in [5.41, 5.74) is 0. The number of amides is 1. The van der Waals surface area contributed by atoms with Gasteiger partial charge < -0.3 is 15.1 Å². The predicted molar refractivity (Wildman–Crippen MR) is 103 cm³/mol. The molecule has 0 aromatic rings. The summed E-state index contributed by atoms with van der Waals surface area (Å²) < 4.78 is 0.225. The van der Waals surface area contributed by atoms with Crippen LogP contribution in [0.4, 0.5) is 0 Å². The quantitative estimate of drug-likeness (QED) is 0.424. The number of hydrogen-bond acceptors (Lipinski definition) is 3. The van der Waals surface area contributed by atoms with Crippen molar-refractivity contribution < 1.29 is 4.79 Å². The third-order valence-electron chi connectivity index (χ3n) is 3.01. The molecule has 0 atom stereocenters. The highest BCUT2D eigenvalue weighted by atomic mass is 127. The molecule has 124 valence electrons. The minimum absolute atomic E-state index is 0. The lowest BCUT2D eigenvalue weighted by molar-refractivity contribution is -0.127. The monoisotopic (exact) mass is 428 g/mol. The van der Waals surface area contributed by atoms with Crippen molar-refractivity contribution in [2.45, 2.75) is 38.5 Å². The predicted octanol–water partition coefficient (Wildman–Crippen LogP) is 1.87. The maximum Gasteiger partial charge on any atom is 0.243 e. The molecule has 1 fully saturated rings. The van der Waals surface area contributed by atoms with Crippen LogP contribution < -0.4 is 5.32 Å². The molecule has 1 aliphatic rings. The number of rotatable bonds is 3. The first-order valence-electron chi connectivity index (χ1n) is 7.11. The Bertz CT molecular complexity index is 372. The number of guanidine groups is 1. The minimum atomic E-state index is 0. The molecule has 0 bridgehead atoms. The van der Waals surface area contributed by atoms with E-state index in [2.05, 4.69) is 42.9 Å². The average molecular weight is 428 g/mol. The van der Waals surface area contributed by atoms with Gasteiger partial charge in [0.25, 0.3) is 0 Å². The summed E-state index contributed by atoms with van der Waals surface area (Å²) in [6.07, 6.45) is 0. The largest absolute Gasteiger partial charge is 0.354 e. The van der Waals surface area contributed by atoms with E-state index in [1.165, 1.54) is 0 Å². The van der Waals surface area contributed by atoms with Gasteiger partial charge in [0.15, 0.2) is 5.96 Å². The number of hydrogen-bond donors (Lipinski definition) is 1. The van der Waals surface area contributed by atoms with E-state index in [9.17, 15) is 4.79 Å². The fourth-order valence-corrected chi connectivity index (χ4v) is 3.09. The van der Waals surface area contributed by atoms with Crippen molar-refractivity contribution in [3.05, 3.63) is 0 Å². The second-order valence-corrected chi connectivity index (χ2v) is 8.06. The number of likely N-dealkylation sites (N-methyl/N-ethyl adjacent to an activating group) is 1. The Labute approximate surface area is 150 Å². The number of nitrogens with zero attached hydrogens (tertiary/aromatic N) is 3. The number of carbonyl (C=O) groups is 1. The first-order valence-corrected chi connectivity index (χ1v) is 8.10. The van der Waals surface area contributed by atoms with Crippen LogP contribution in [0.3, 0.4) is 0 Å². The van der Waals surface area contributed by atoms with Gasteiger partial charge in [0.05, 0.1) is 0 Å². The molecule has 5 nitrogen and oxygen atoms in total. The van der Waals surface area contributed by atoms with Gasteiger partial charge in [-0.05, 0) is 27.7 Å². The van der Waals surface area contributed by atoms with Crippen LogP contribution in [0.2, 0.25) is 0 Å². The van der Waals surface area contributed by atoms with Crippen LogP contribution in [0.25, 0.3) is 0 Å². The number of carbonyl (C=O) groups excluding carboxylic acids is 1. The van der Waals surface area contributed by atoms with Gasteiger partial charge in [0.2, 0.25) is 5.91 Å². The van der Waals surface area contributed by atoms with Crippen molar-refractivity contribution in [1.29, 1.82) is 0 Å². The summed E-state index contributed by atoms with van der Waals surface area (Å²) in [6, 6.07) is 0.306. The van der Waals surface area contributed by atoms with Crippen LogP contribution in [0.15, 0.2) is 4.99 Å². The Kier molecular flexibility index (Phi) is 8.99. The third-order valence-corrected chi connectivity index (χ3v) is 4.30. The molecule has 0 saturated carbocycles. The van der Waals surface area contributed by atoms with Crippen LogP contribution >= 0.6 is 35.7 Å². The second kappa shape index (κ2) is 9.07. The standard InChI is InChI=1S/C14H28N4OS.HI/c1-11(2)16-13(15-9-12(19)17(5)6)18-7-8-20-14(3,4)10-18;/h11H,7-10H2,1-6H3,(H,15,16);1H. The average Bonchev–Trinajstić information content (AvgIpc) is 2.32. The Morgan fingerprint density at radius 2 is 2.05 bits per heavy atom. The van der Waals surface area contributed by atoms with E-state index in [4.69, 9.17) is 0 Å². The van der Waals surface area contributed by atoms with Gasteiger partial charge in [0.1, 0.15) is 6.54 Å². The molecule has 0 spiro atoms. The van der Waals surface area contributed by atoms with Crippen LogP contribution in [-0.2, 0) is 4.79 Å². The molecule has 21 heavy (non-hydrogen) atoms. The van der Waals surface area contributed by atoms with E-state index in [-0.39, 0.29) is 41.2 Å². The number of aliphatic imine (C=N–C) groups is 1. The smallest absolute Gasteiger partial charge is 0.243 e. The summed E-state index contributed by atoms with van der Waals surface area (Å²) in [5, 5.41) is 3.38. The van der Waals surface area contributed by atoms with Crippen molar-refractivity contribution in [2.75, 3.05) is 39.5 Å². The molecule has 1 saturated heterocycles. The molecule has 1 heterocycles. The second-order valence-electron chi connectivity index (χ2n) is 6.26. The van der Waals surface area contributed by atoms with Gasteiger partial charge in [-0.3, -0.25) is 4.79 Å². The zero-order chi connectivity index (χ0) is 15.3. The van der Waals surface area contributed by atoms with Crippen molar-refractivity contribution in [2.24, 2.45) is 4.99 Å². The lowest BCUT2D eigenvalue weighted by Crippen LogP contribution is -2.52. The maximum atomic E-state index is 11.7. The van der Waals surface area contributed by atoms with Crippen LogP contribution in [-0.4, -0.2) is 71.9 Å². The van der Waals surface area contributed by atoms with E-state index in [1.54, 1.807) is 19.0 Å². The molecule has 0 aliphatic carbocycles. The fourth-order valence-electron chi connectivity index (χ4n) is 1.98. The summed E-state index contributed by atoms with van der Waals surface area (Å²) in [7, 11) is 3.52. The lowest BCUT2D eigenvalue weighted by Gasteiger charge is -2.39. The van der Waals surface area contributed by atoms with Crippen molar-refractivity contribution >= 4 is 47.6 Å². The van der Waals surface area contributed by atoms with Crippen molar-refractivity contribution in [3.8, 4) is 0 Å². The van der Waals surface area contributed by atoms with E-state index >= 15 is 0 Å². The number of thioether (sulfide) groups is 1. The summed E-state index contributed by atoms with van der Waals surface area (Å²) in [5.74, 6) is 1.97. The molecule has 1 amide bonds. The third kappa shape index (κ3) is 7.58. The Morgan fingerprint density at radius 3 is 2.52 bits per heavy atom. The van der Waals surface area contributed by atoms with E-state index < -0.39 is 0 Å². The zero-order valence-electron chi connectivity index (χ0n) is 14.0. The molecule has 1 N–H and O–H groups in total. The number of halogens is 1. The van der Waals surface area contributed by atoms with Crippen LogP contribution in [0.5, 0.6) is 0 Å². The molecular weight excluding hydrogens is 399 g/mol. The molecule has 0 aromatic carbocycles. The molecule has 0 aromatic heterocycles. The lowest BCUT2D eigenvalue weighted by atomic mass is 10.2. The van der Waals surface area contributed by atoms with Gasteiger partial charge in [0, 0.05) is 43.7 Å². The Balaban J connectivity index is 0.00000400. The highest BCUT2D eigenvalue weighted by molar-refractivity contribution is 14.0. The van der Waals surface area contributed by atoms with Gasteiger partial charge in [-0.2, -0.15) is 11.8 Å². The minimum Gasteiger partial charge on any atom is -0.354 e. The van der Waals surface area contributed by atoms with Crippen molar-refractivity contribution in [3.63, 3.8) is 0 Å². The van der Waals surface area contributed by atoms with Gasteiger partial charge in [-0.25, -0.2) is 4.99 Å². The SMILES string of the molecule is CC(C)NC(=NCC(=O)N(C)C)N1CCSC(C)(C)C1.I. The van der Waals surface area contributed by atoms with E-state index in [1.807, 2.05) is 11.8 Å². The zero-order valence-corrected chi connectivity index (χ0v) is 17.1. The van der Waals surface area contributed by atoms with E-state index in [0.717, 1.165) is 24.8 Å². The molecule has 0 unspecified atom stereocenters. The Morgan fingerprint density at radius 1 is 1.43 bits per heavy atom. The molecular formula is C14H29IN4OS. The van der Waals surface area contributed by atoms with Crippen molar-refractivity contribution in [1.82, 2.24) is 15.1 Å². The highest BCUT2D eigenvalue weighted by Crippen LogP contribution is 2.29. The Hall–Kier alpha value is -0.180.